The van der Waals surface area contributed by atoms with Crippen molar-refractivity contribution in [2.24, 2.45) is 5.92 Å². The second kappa shape index (κ2) is 6.76. The van der Waals surface area contributed by atoms with Crippen LogP contribution in [0.3, 0.4) is 0 Å². The summed E-state index contributed by atoms with van der Waals surface area (Å²) in [6, 6.07) is 4.29. The maximum absolute atomic E-state index is 12.4. The van der Waals surface area contributed by atoms with Crippen LogP contribution in [0.4, 0.5) is 5.69 Å². The van der Waals surface area contributed by atoms with Crippen LogP contribution in [0.5, 0.6) is 5.75 Å². The van der Waals surface area contributed by atoms with Gasteiger partial charge in [-0.05, 0) is 30.9 Å². The Hall–Kier alpha value is -1.82. The number of rotatable bonds is 4. The molecule has 1 saturated heterocycles. The van der Waals surface area contributed by atoms with Crippen molar-refractivity contribution in [3.05, 3.63) is 33.9 Å². The van der Waals surface area contributed by atoms with Crippen molar-refractivity contribution in [2.75, 3.05) is 26.1 Å². The minimum atomic E-state index is -0.546. The number of hydrogen-bond acceptors (Lipinski definition) is 4. The largest absolute Gasteiger partial charge is 0.490 e. The number of likely N-dealkylation sites (tertiary alicyclic amines) is 1. The highest BCUT2D eigenvalue weighted by Gasteiger charge is 2.25. The van der Waals surface area contributed by atoms with Gasteiger partial charge >= 0.3 is 5.69 Å². The molecule has 114 valence electrons. The number of carbonyl (C=O) groups is 1. The van der Waals surface area contributed by atoms with Gasteiger partial charge in [-0.15, -0.1) is 11.6 Å². The highest BCUT2D eigenvalue weighted by atomic mass is 35.5. The first-order valence-electron chi connectivity index (χ1n) is 6.74. The third-order valence-electron chi connectivity index (χ3n) is 3.74. The van der Waals surface area contributed by atoms with Gasteiger partial charge in [0.15, 0.2) is 5.75 Å². The average Bonchev–Trinajstić information content (AvgIpc) is 2.53. The molecule has 0 spiro atoms. The summed E-state index contributed by atoms with van der Waals surface area (Å²) in [7, 11) is 1.36. The molecule has 0 aliphatic carbocycles. The van der Waals surface area contributed by atoms with Crippen molar-refractivity contribution >= 4 is 23.2 Å². The van der Waals surface area contributed by atoms with Crippen LogP contribution in [0.2, 0.25) is 0 Å². The molecule has 0 radical (unpaired) electrons. The van der Waals surface area contributed by atoms with Crippen LogP contribution in [0.1, 0.15) is 23.2 Å². The van der Waals surface area contributed by atoms with E-state index in [9.17, 15) is 14.9 Å². The Morgan fingerprint density at radius 2 is 2.14 bits per heavy atom. The molecule has 1 aliphatic rings. The number of nitrogens with zero attached hydrogens (tertiary/aromatic N) is 2. The number of halogens is 1. The lowest BCUT2D eigenvalue weighted by Crippen LogP contribution is -2.38. The van der Waals surface area contributed by atoms with Gasteiger partial charge in [-0.2, -0.15) is 0 Å². The molecule has 7 heteroatoms. The van der Waals surface area contributed by atoms with Crippen molar-refractivity contribution in [1.29, 1.82) is 0 Å². The summed E-state index contributed by atoms with van der Waals surface area (Å²) in [4.78, 5) is 24.6. The zero-order valence-electron chi connectivity index (χ0n) is 11.8. The lowest BCUT2D eigenvalue weighted by Gasteiger charge is -2.31. The summed E-state index contributed by atoms with van der Waals surface area (Å²) in [5.41, 5.74) is 0.116. The second-order valence-electron chi connectivity index (χ2n) is 5.03. The lowest BCUT2D eigenvalue weighted by atomic mass is 9.98. The van der Waals surface area contributed by atoms with E-state index in [1.165, 1.54) is 19.2 Å². The lowest BCUT2D eigenvalue weighted by molar-refractivity contribution is -0.385. The summed E-state index contributed by atoms with van der Waals surface area (Å²) in [5, 5.41) is 11.0. The molecule has 6 nitrogen and oxygen atoms in total. The molecule has 1 amide bonds. The van der Waals surface area contributed by atoms with E-state index in [2.05, 4.69) is 0 Å². The van der Waals surface area contributed by atoms with Crippen molar-refractivity contribution in [1.82, 2.24) is 4.90 Å². The van der Waals surface area contributed by atoms with Crippen LogP contribution < -0.4 is 4.74 Å². The van der Waals surface area contributed by atoms with Crippen LogP contribution in [0.15, 0.2) is 18.2 Å². The molecule has 0 unspecified atom stereocenters. The van der Waals surface area contributed by atoms with E-state index in [1.54, 1.807) is 11.0 Å². The van der Waals surface area contributed by atoms with Gasteiger partial charge < -0.3 is 9.64 Å². The molecule has 1 heterocycles. The van der Waals surface area contributed by atoms with Crippen molar-refractivity contribution in [3.8, 4) is 5.75 Å². The first-order chi connectivity index (χ1) is 10.1. The molecule has 0 N–H and O–H groups in total. The van der Waals surface area contributed by atoms with Crippen molar-refractivity contribution in [2.45, 2.75) is 12.8 Å². The second-order valence-corrected chi connectivity index (χ2v) is 5.34. The zero-order valence-corrected chi connectivity index (χ0v) is 12.5. The highest BCUT2D eigenvalue weighted by Crippen LogP contribution is 2.28. The van der Waals surface area contributed by atoms with E-state index in [0.29, 0.717) is 30.5 Å². The maximum atomic E-state index is 12.4. The number of nitro benzene ring substituents is 1. The monoisotopic (exact) mass is 312 g/mol. The van der Waals surface area contributed by atoms with Gasteiger partial charge in [-0.25, -0.2) is 0 Å². The summed E-state index contributed by atoms with van der Waals surface area (Å²) in [5.74, 6) is 1.02. The standard InChI is InChI=1S/C14H17ClN2O4/c1-21-13-3-2-11(8-12(13)17(19)20)14(18)16-6-4-10(9-15)5-7-16/h2-3,8,10H,4-7,9H2,1H3. The molecular weight excluding hydrogens is 296 g/mol. The predicted octanol–water partition coefficient (Wildman–Crippen LogP) is 2.69. The minimum absolute atomic E-state index is 0.150. The topological polar surface area (TPSA) is 72.7 Å². The fourth-order valence-corrected chi connectivity index (χ4v) is 2.75. The van der Waals surface area contributed by atoms with Crippen LogP contribution in [0, 0.1) is 16.0 Å². The molecule has 1 aliphatic heterocycles. The van der Waals surface area contributed by atoms with Gasteiger partial charge in [-0.1, -0.05) is 0 Å². The van der Waals surface area contributed by atoms with Gasteiger partial charge in [0, 0.05) is 30.6 Å². The highest BCUT2D eigenvalue weighted by molar-refractivity contribution is 6.18. The van der Waals surface area contributed by atoms with E-state index in [-0.39, 0.29) is 17.3 Å². The molecule has 1 aromatic carbocycles. The molecule has 1 aromatic rings. The maximum Gasteiger partial charge on any atom is 0.311 e. The van der Waals surface area contributed by atoms with E-state index in [4.69, 9.17) is 16.3 Å². The van der Waals surface area contributed by atoms with Gasteiger partial charge in [0.05, 0.1) is 12.0 Å². The van der Waals surface area contributed by atoms with Crippen LogP contribution in [-0.4, -0.2) is 41.8 Å². The van der Waals surface area contributed by atoms with Crippen LogP contribution in [-0.2, 0) is 0 Å². The number of methoxy groups -OCH3 is 1. The Kier molecular flexibility index (Phi) is 5.01. The van der Waals surface area contributed by atoms with E-state index >= 15 is 0 Å². The summed E-state index contributed by atoms with van der Waals surface area (Å²) in [6.07, 6.45) is 1.74. The number of ether oxygens (including phenoxy) is 1. The molecule has 0 atom stereocenters. The summed E-state index contributed by atoms with van der Waals surface area (Å²) < 4.78 is 4.93. The number of hydrogen-bond donors (Lipinski definition) is 0. The molecular formula is C14H17ClN2O4. The number of alkyl halides is 1. The van der Waals surface area contributed by atoms with Gasteiger partial charge in [-0.3, -0.25) is 14.9 Å². The van der Waals surface area contributed by atoms with E-state index in [1.807, 2.05) is 0 Å². The van der Waals surface area contributed by atoms with Crippen LogP contribution in [0.25, 0.3) is 0 Å². The Morgan fingerprint density at radius 3 is 2.67 bits per heavy atom. The Morgan fingerprint density at radius 1 is 1.48 bits per heavy atom. The van der Waals surface area contributed by atoms with Gasteiger partial charge in [0.2, 0.25) is 0 Å². The molecule has 0 bridgehead atoms. The molecule has 1 fully saturated rings. The fourth-order valence-electron chi connectivity index (χ4n) is 2.44. The van der Waals surface area contributed by atoms with Crippen molar-refractivity contribution < 1.29 is 14.5 Å². The SMILES string of the molecule is COc1ccc(C(=O)N2CCC(CCl)CC2)cc1[N+](=O)[O-]. The third kappa shape index (κ3) is 3.44. The quantitative estimate of drug-likeness (QED) is 0.487. The molecule has 0 aromatic heterocycles. The number of benzene rings is 1. The van der Waals surface area contributed by atoms with Gasteiger partial charge in [0.1, 0.15) is 0 Å². The fraction of sp³-hybridized carbons (Fsp3) is 0.500. The Bertz CT molecular complexity index is 542. The van der Waals surface area contributed by atoms with E-state index in [0.717, 1.165) is 12.8 Å². The summed E-state index contributed by atoms with van der Waals surface area (Å²) >= 11 is 5.82. The Labute approximate surface area is 127 Å². The zero-order chi connectivity index (χ0) is 15.4. The number of amides is 1. The average molecular weight is 313 g/mol. The summed E-state index contributed by atoms with van der Waals surface area (Å²) in [6.45, 7) is 1.27. The van der Waals surface area contributed by atoms with E-state index < -0.39 is 4.92 Å². The minimum Gasteiger partial charge on any atom is -0.490 e. The number of piperidine rings is 1. The third-order valence-corrected chi connectivity index (χ3v) is 4.18. The molecule has 2 rings (SSSR count). The van der Waals surface area contributed by atoms with Crippen LogP contribution >= 0.6 is 11.6 Å². The van der Waals surface area contributed by atoms with Gasteiger partial charge in [0.25, 0.3) is 5.91 Å². The molecule has 21 heavy (non-hydrogen) atoms. The first-order valence-corrected chi connectivity index (χ1v) is 7.28. The van der Waals surface area contributed by atoms with Crippen molar-refractivity contribution in [3.63, 3.8) is 0 Å². The molecule has 0 saturated carbocycles. The number of nitro groups is 1. The smallest absolute Gasteiger partial charge is 0.311 e. The predicted molar refractivity (Wildman–Crippen MR) is 79.0 cm³/mol. The number of carbonyl (C=O) groups excluding carboxylic acids is 1. The normalized spacial score (nSPS) is 15.8. The first kappa shape index (κ1) is 15.6. The Balaban J connectivity index is 2.16.